The van der Waals surface area contributed by atoms with E-state index in [-0.39, 0.29) is 18.1 Å². The Bertz CT molecular complexity index is 927. The van der Waals surface area contributed by atoms with Gasteiger partial charge >= 0.3 is 0 Å². The molecule has 0 aliphatic heterocycles. The number of amides is 1. The van der Waals surface area contributed by atoms with E-state index >= 15 is 0 Å². The molecular formula is C20H25N7O2S. The highest BCUT2D eigenvalue weighted by Crippen LogP contribution is 2.32. The number of aromatic nitrogens is 3. The summed E-state index contributed by atoms with van der Waals surface area (Å²) in [6.45, 7) is 2.62. The molecule has 10 heteroatoms. The van der Waals surface area contributed by atoms with Crippen molar-refractivity contribution >= 4 is 17.9 Å². The number of carbonyl (C=O) groups is 1. The second-order valence-electron chi connectivity index (χ2n) is 6.55. The van der Waals surface area contributed by atoms with Crippen molar-refractivity contribution < 1.29 is 9.53 Å². The zero-order valence-corrected chi connectivity index (χ0v) is 17.5. The van der Waals surface area contributed by atoms with Crippen molar-refractivity contribution in [2.45, 2.75) is 25.0 Å². The first-order valence-corrected chi connectivity index (χ1v) is 10.5. The summed E-state index contributed by atoms with van der Waals surface area (Å²) < 4.78 is 8.44. The van der Waals surface area contributed by atoms with E-state index < -0.39 is 0 Å². The lowest BCUT2D eigenvalue weighted by molar-refractivity contribution is 0.0952. The lowest BCUT2D eigenvalue weighted by Crippen LogP contribution is -2.27. The molecule has 0 saturated heterocycles. The number of ether oxygens (including phenoxy) is 1. The third-order valence-electron chi connectivity index (χ3n) is 4.07. The second kappa shape index (κ2) is 10.5. The van der Waals surface area contributed by atoms with Gasteiger partial charge in [0.2, 0.25) is 5.88 Å². The Morgan fingerprint density at radius 3 is 2.83 bits per heavy atom. The number of nitrogens with one attached hydrogen (secondary N) is 2. The molecule has 158 valence electrons. The molecule has 1 aliphatic carbocycles. The minimum absolute atomic E-state index is 0.233. The molecule has 2 aromatic rings. The van der Waals surface area contributed by atoms with Gasteiger partial charge in [0, 0.05) is 23.6 Å². The number of pyridine rings is 1. The first-order valence-electron chi connectivity index (χ1n) is 9.58. The van der Waals surface area contributed by atoms with Crippen LogP contribution in [0.2, 0.25) is 0 Å². The van der Waals surface area contributed by atoms with Crippen LogP contribution in [-0.2, 0) is 0 Å². The summed E-state index contributed by atoms with van der Waals surface area (Å²) in [6.07, 6.45) is 10.3. The quantitative estimate of drug-likeness (QED) is 0.329. The number of hydrogen-bond donors (Lipinski definition) is 4. The molecule has 1 aliphatic rings. The minimum Gasteiger partial charge on any atom is -0.477 e. The van der Waals surface area contributed by atoms with E-state index in [0.29, 0.717) is 34.8 Å². The summed E-state index contributed by atoms with van der Waals surface area (Å²) >= 11 is 1.60. The van der Waals surface area contributed by atoms with Gasteiger partial charge in [-0.1, -0.05) is 0 Å². The van der Waals surface area contributed by atoms with Gasteiger partial charge in [-0.15, -0.1) is 0 Å². The van der Waals surface area contributed by atoms with Crippen LogP contribution in [0, 0.1) is 0 Å². The van der Waals surface area contributed by atoms with Gasteiger partial charge < -0.3 is 26.2 Å². The predicted molar refractivity (Wildman–Crippen MR) is 117 cm³/mol. The van der Waals surface area contributed by atoms with Gasteiger partial charge in [-0.05, 0) is 61.7 Å². The summed E-state index contributed by atoms with van der Waals surface area (Å²) in [7, 11) is 0. The van der Waals surface area contributed by atoms with Crippen LogP contribution >= 0.6 is 11.9 Å². The molecule has 9 nitrogen and oxygen atoms in total. The highest BCUT2D eigenvalue weighted by Gasteiger charge is 2.22. The van der Waals surface area contributed by atoms with E-state index in [9.17, 15) is 4.79 Å². The normalized spacial score (nSPS) is 14.3. The maximum Gasteiger partial charge on any atom is 0.270 e. The number of nitrogens with zero attached hydrogens (tertiary/aromatic N) is 3. The van der Waals surface area contributed by atoms with E-state index in [1.807, 2.05) is 6.92 Å². The Labute approximate surface area is 179 Å². The number of carbonyl (C=O) groups excluding carboxylic acids is 1. The van der Waals surface area contributed by atoms with Crippen molar-refractivity contribution in [3.05, 3.63) is 60.1 Å². The van der Waals surface area contributed by atoms with Gasteiger partial charge in [0.1, 0.15) is 11.5 Å². The van der Waals surface area contributed by atoms with Crippen molar-refractivity contribution in [2.24, 2.45) is 11.5 Å². The molecule has 1 saturated carbocycles. The third kappa shape index (κ3) is 6.38. The number of rotatable bonds is 10. The fourth-order valence-corrected chi connectivity index (χ4v) is 3.12. The Hall–Kier alpha value is -3.27. The standard InChI is InChI=1S/C20H25N7O2S/c1-2-29-19-12-23-11-17(26-19)14-3-6-16(24-10-14)20(28)25-9-13(8-21)7-18(22)27-30-15-4-5-15/h3,6-8,10-12,15,27H,2,4-5,9,21-22H2,1H3,(H,25,28)/b13-8+,18-7+. The molecule has 0 unspecified atom stereocenters. The van der Waals surface area contributed by atoms with Gasteiger partial charge in [0.25, 0.3) is 5.91 Å². The molecule has 0 atom stereocenters. The molecule has 2 heterocycles. The molecule has 30 heavy (non-hydrogen) atoms. The first kappa shape index (κ1) is 21.4. The van der Waals surface area contributed by atoms with E-state index in [2.05, 4.69) is 25.0 Å². The van der Waals surface area contributed by atoms with Crippen molar-refractivity contribution in [1.82, 2.24) is 25.0 Å². The van der Waals surface area contributed by atoms with Crippen LogP contribution in [0.4, 0.5) is 0 Å². The molecule has 0 aromatic carbocycles. The van der Waals surface area contributed by atoms with Crippen LogP contribution in [0.3, 0.4) is 0 Å². The zero-order chi connectivity index (χ0) is 21.3. The lowest BCUT2D eigenvalue weighted by Gasteiger charge is -2.09. The molecule has 1 fully saturated rings. The average Bonchev–Trinajstić information content (AvgIpc) is 3.60. The SMILES string of the molecule is CCOc1cncc(-c2ccc(C(=O)NCC(=C/N)/C=C(\N)NSC3CC3)nc2)n1. The number of nitrogens with two attached hydrogens (primary N) is 2. The predicted octanol–water partition coefficient (Wildman–Crippen LogP) is 1.71. The second-order valence-corrected chi connectivity index (χ2v) is 7.66. The summed E-state index contributed by atoms with van der Waals surface area (Å²) in [5, 5.41) is 3.41. The van der Waals surface area contributed by atoms with Crippen molar-refractivity contribution in [2.75, 3.05) is 13.2 Å². The van der Waals surface area contributed by atoms with Gasteiger partial charge in [-0.25, -0.2) is 4.98 Å². The number of hydrogen-bond acceptors (Lipinski definition) is 9. The van der Waals surface area contributed by atoms with E-state index in [0.717, 1.165) is 5.56 Å². The Balaban J connectivity index is 1.56. The Kier molecular flexibility index (Phi) is 7.50. The van der Waals surface area contributed by atoms with Crippen LogP contribution in [0.15, 0.2) is 54.4 Å². The molecule has 0 radical (unpaired) electrons. The molecule has 1 amide bonds. The summed E-state index contributed by atoms with van der Waals surface area (Å²) in [6, 6.07) is 3.39. The smallest absolute Gasteiger partial charge is 0.270 e. The average molecular weight is 428 g/mol. The third-order valence-corrected chi connectivity index (χ3v) is 5.23. The molecule has 6 N–H and O–H groups in total. The van der Waals surface area contributed by atoms with Crippen molar-refractivity contribution in [1.29, 1.82) is 0 Å². The minimum atomic E-state index is -0.317. The Morgan fingerprint density at radius 1 is 1.33 bits per heavy atom. The van der Waals surface area contributed by atoms with Crippen molar-refractivity contribution in [3.63, 3.8) is 0 Å². The summed E-state index contributed by atoms with van der Waals surface area (Å²) in [4.78, 5) is 25.1. The summed E-state index contributed by atoms with van der Waals surface area (Å²) in [5.74, 6) is 0.619. The van der Waals surface area contributed by atoms with Crippen LogP contribution in [0.25, 0.3) is 11.3 Å². The lowest BCUT2D eigenvalue weighted by atomic mass is 10.2. The first-order chi connectivity index (χ1) is 14.6. The van der Waals surface area contributed by atoms with Gasteiger partial charge in [-0.2, -0.15) is 0 Å². The fraction of sp³-hybridized carbons (Fsp3) is 0.300. The maximum absolute atomic E-state index is 12.4. The van der Waals surface area contributed by atoms with Gasteiger partial charge in [-0.3, -0.25) is 14.8 Å². The highest BCUT2D eigenvalue weighted by molar-refractivity contribution is 7.98. The van der Waals surface area contributed by atoms with Crippen molar-refractivity contribution in [3.8, 4) is 17.1 Å². The maximum atomic E-state index is 12.4. The highest BCUT2D eigenvalue weighted by atomic mass is 32.2. The molecule has 0 spiro atoms. The largest absolute Gasteiger partial charge is 0.477 e. The Morgan fingerprint density at radius 2 is 2.17 bits per heavy atom. The topological polar surface area (TPSA) is 141 Å². The fourth-order valence-electron chi connectivity index (χ4n) is 2.38. The van der Waals surface area contributed by atoms with E-state index in [1.165, 1.54) is 19.0 Å². The van der Waals surface area contributed by atoms with Crippen LogP contribution < -0.4 is 26.2 Å². The van der Waals surface area contributed by atoms with Gasteiger partial charge in [0.15, 0.2) is 0 Å². The van der Waals surface area contributed by atoms with Crippen LogP contribution in [-0.4, -0.2) is 39.3 Å². The molecule has 3 rings (SSSR count). The van der Waals surface area contributed by atoms with E-state index in [4.69, 9.17) is 16.2 Å². The van der Waals surface area contributed by atoms with Gasteiger partial charge in [0.05, 0.1) is 24.7 Å². The molecule has 0 bridgehead atoms. The van der Waals surface area contributed by atoms with Crippen LogP contribution in [0.1, 0.15) is 30.3 Å². The monoisotopic (exact) mass is 427 g/mol. The zero-order valence-electron chi connectivity index (χ0n) is 16.7. The molecule has 2 aromatic heterocycles. The van der Waals surface area contributed by atoms with E-state index in [1.54, 1.807) is 48.7 Å². The van der Waals surface area contributed by atoms with Crippen LogP contribution in [0.5, 0.6) is 5.88 Å². The molecular weight excluding hydrogens is 402 g/mol. The summed E-state index contributed by atoms with van der Waals surface area (Å²) in [5.41, 5.74) is 13.9.